The highest BCUT2D eigenvalue weighted by atomic mass is 32.2. The number of anilines is 1. The molecule has 2 heterocycles. The summed E-state index contributed by atoms with van der Waals surface area (Å²) in [6.07, 6.45) is 1.43. The van der Waals surface area contributed by atoms with Crippen molar-refractivity contribution in [1.29, 1.82) is 0 Å². The lowest BCUT2D eigenvalue weighted by atomic mass is 9.92. The van der Waals surface area contributed by atoms with Gasteiger partial charge in [0.25, 0.3) is 15.6 Å². The van der Waals surface area contributed by atoms with Gasteiger partial charge in [-0.25, -0.2) is 17.9 Å². The first-order valence-electron chi connectivity index (χ1n) is 8.87. The summed E-state index contributed by atoms with van der Waals surface area (Å²) in [6.45, 7) is 5.58. The van der Waals surface area contributed by atoms with E-state index < -0.39 is 26.7 Å². The highest BCUT2D eigenvalue weighted by Gasteiger charge is 2.31. The fraction of sp³-hybridized carbons (Fsp3) is 0.316. The second kappa shape index (κ2) is 7.03. The van der Waals surface area contributed by atoms with Crippen LogP contribution in [-0.4, -0.2) is 27.3 Å². The van der Waals surface area contributed by atoms with E-state index in [1.807, 2.05) is 51.1 Å². The average molecular weight is 417 g/mol. The Morgan fingerprint density at radius 1 is 1.00 bits per heavy atom. The number of rotatable bonds is 4. The largest absolute Gasteiger partial charge is 0.332 e. The number of benzene rings is 1. The second-order valence-electron chi connectivity index (χ2n) is 7.75. The van der Waals surface area contributed by atoms with Crippen LogP contribution in [0.2, 0.25) is 0 Å². The molecule has 2 aromatic heterocycles. The predicted molar refractivity (Wildman–Crippen MR) is 110 cm³/mol. The van der Waals surface area contributed by atoms with Gasteiger partial charge in [-0.3, -0.25) is 18.7 Å². The maximum atomic E-state index is 13.2. The molecule has 0 aliphatic rings. The fourth-order valence-electron chi connectivity index (χ4n) is 2.81. The van der Waals surface area contributed by atoms with E-state index in [4.69, 9.17) is 0 Å². The van der Waals surface area contributed by atoms with E-state index in [-0.39, 0.29) is 10.7 Å². The highest BCUT2D eigenvalue weighted by molar-refractivity contribution is 7.92. The molecule has 1 N–H and O–H groups in total. The van der Waals surface area contributed by atoms with E-state index in [0.717, 1.165) is 15.2 Å². The summed E-state index contributed by atoms with van der Waals surface area (Å²) in [4.78, 5) is 24.0. The minimum atomic E-state index is -4.12. The third kappa shape index (κ3) is 3.88. The van der Waals surface area contributed by atoms with Crippen LogP contribution in [0.5, 0.6) is 0 Å². The van der Waals surface area contributed by atoms with Gasteiger partial charge in [0.2, 0.25) is 0 Å². The quantitative estimate of drug-likeness (QED) is 0.690. The Bertz CT molecular complexity index is 1280. The molecule has 1 aromatic carbocycles. The van der Waals surface area contributed by atoms with E-state index >= 15 is 0 Å². The fourth-order valence-corrected chi connectivity index (χ4v) is 4.23. The summed E-state index contributed by atoms with van der Waals surface area (Å²) < 4.78 is 32.2. The Balaban J connectivity index is 2.16. The smallest absolute Gasteiger partial charge is 0.282 e. The molecule has 0 unspecified atom stereocenters. The van der Waals surface area contributed by atoms with E-state index in [9.17, 15) is 18.0 Å². The number of aromatic nitrogens is 4. The van der Waals surface area contributed by atoms with Gasteiger partial charge in [-0.2, -0.15) is 5.10 Å². The van der Waals surface area contributed by atoms with Crippen LogP contribution in [0.15, 0.2) is 57.1 Å². The zero-order valence-electron chi connectivity index (χ0n) is 16.9. The van der Waals surface area contributed by atoms with E-state index in [0.29, 0.717) is 11.4 Å². The summed E-state index contributed by atoms with van der Waals surface area (Å²) in [5.74, 6) is -0.120. The van der Waals surface area contributed by atoms with Gasteiger partial charge in [-0.05, 0) is 12.1 Å². The molecule has 0 radical (unpaired) electrons. The molecule has 9 nitrogen and oxygen atoms in total. The van der Waals surface area contributed by atoms with Crippen molar-refractivity contribution < 1.29 is 8.42 Å². The van der Waals surface area contributed by atoms with Crippen molar-refractivity contribution in [1.82, 2.24) is 18.9 Å². The molecule has 3 aromatic rings. The predicted octanol–water partition coefficient (Wildman–Crippen LogP) is 1.37. The molecular weight excluding hydrogens is 394 g/mol. The first kappa shape index (κ1) is 20.6. The summed E-state index contributed by atoms with van der Waals surface area (Å²) >= 11 is 0. The lowest BCUT2D eigenvalue weighted by molar-refractivity contribution is 0.543. The molecule has 0 saturated heterocycles. The molecular formula is C19H23N5O4S. The van der Waals surface area contributed by atoms with Gasteiger partial charge in [0, 0.05) is 25.6 Å². The Morgan fingerprint density at radius 2 is 1.62 bits per heavy atom. The Kier molecular flexibility index (Phi) is 4.99. The van der Waals surface area contributed by atoms with Gasteiger partial charge in [0.05, 0.1) is 17.6 Å². The van der Waals surface area contributed by atoms with Crippen LogP contribution < -0.4 is 16.0 Å². The molecule has 0 amide bonds. The summed E-state index contributed by atoms with van der Waals surface area (Å²) in [7, 11) is -1.41. The molecule has 0 bridgehead atoms. The zero-order chi connectivity index (χ0) is 21.6. The number of nitrogens with zero attached hydrogens (tertiary/aromatic N) is 4. The number of hydrogen-bond acceptors (Lipinski definition) is 5. The lowest BCUT2D eigenvalue weighted by Gasteiger charge is -2.18. The van der Waals surface area contributed by atoms with Gasteiger partial charge in [-0.15, -0.1) is 0 Å². The zero-order valence-corrected chi connectivity index (χ0v) is 17.7. The summed E-state index contributed by atoms with van der Waals surface area (Å²) in [6, 6.07) is 10.2. The van der Waals surface area contributed by atoms with Crippen LogP contribution in [0.25, 0.3) is 5.69 Å². The maximum Gasteiger partial charge on any atom is 0.332 e. The van der Waals surface area contributed by atoms with Crippen LogP contribution >= 0.6 is 0 Å². The average Bonchev–Trinajstić information content (AvgIpc) is 3.12. The second-order valence-corrected chi connectivity index (χ2v) is 9.40. The summed E-state index contributed by atoms with van der Waals surface area (Å²) in [5.41, 5.74) is -0.737. The van der Waals surface area contributed by atoms with Crippen molar-refractivity contribution in [3.63, 3.8) is 0 Å². The number of hydrogen-bond donors (Lipinski definition) is 1. The Labute approximate surface area is 168 Å². The third-order valence-corrected chi connectivity index (χ3v) is 5.82. The van der Waals surface area contributed by atoms with Crippen LogP contribution in [0.4, 0.5) is 5.82 Å². The molecule has 10 heteroatoms. The van der Waals surface area contributed by atoms with Crippen molar-refractivity contribution in [2.24, 2.45) is 14.1 Å². The topological polar surface area (TPSA) is 108 Å². The molecule has 0 saturated carbocycles. The molecule has 0 atom stereocenters. The molecule has 3 rings (SSSR count). The highest BCUT2D eigenvalue weighted by Crippen LogP contribution is 2.29. The molecule has 0 aliphatic carbocycles. The normalized spacial score (nSPS) is 12.2. The number of para-hydroxylation sites is 1. The van der Waals surface area contributed by atoms with Crippen molar-refractivity contribution in [2.45, 2.75) is 31.1 Å². The van der Waals surface area contributed by atoms with Crippen LogP contribution in [0.1, 0.15) is 26.5 Å². The monoisotopic (exact) mass is 417 g/mol. The molecule has 154 valence electrons. The minimum absolute atomic E-state index is 0.0259. The third-order valence-electron chi connectivity index (χ3n) is 4.47. The van der Waals surface area contributed by atoms with E-state index in [1.165, 1.54) is 25.0 Å². The lowest BCUT2D eigenvalue weighted by Crippen LogP contribution is -2.38. The van der Waals surface area contributed by atoms with Gasteiger partial charge in [-0.1, -0.05) is 39.0 Å². The van der Waals surface area contributed by atoms with Crippen LogP contribution in [0, 0.1) is 0 Å². The van der Waals surface area contributed by atoms with Gasteiger partial charge in [0.1, 0.15) is 10.7 Å². The first-order valence-corrected chi connectivity index (χ1v) is 10.4. The summed E-state index contributed by atoms with van der Waals surface area (Å²) in [5, 5.41) is 4.49. The van der Waals surface area contributed by atoms with Crippen molar-refractivity contribution in [3.05, 3.63) is 69.1 Å². The van der Waals surface area contributed by atoms with Crippen LogP contribution in [-0.2, 0) is 29.5 Å². The number of nitrogens with one attached hydrogen (secondary N) is 1. The van der Waals surface area contributed by atoms with Crippen molar-refractivity contribution >= 4 is 15.8 Å². The van der Waals surface area contributed by atoms with Crippen molar-refractivity contribution in [2.75, 3.05) is 4.72 Å². The molecule has 0 fully saturated rings. The molecule has 0 spiro atoms. The Morgan fingerprint density at radius 3 is 2.21 bits per heavy atom. The van der Waals surface area contributed by atoms with Gasteiger partial charge >= 0.3 is 5.69 Å². The SMILES string of the molecule is Cn1c(NS(=O)(=O)c2cn(-c3ccccc3)nc2C(C)(C)C)cc(=O)n(C)c1=O. The van der Waals surface area contributed by atoms with E-state index in [2.05, 4.69) is 9.82 Å². The molecule has 0 aliphatic heterocycles. The minimum Gasteiger partial charge on any atom is -0.282 e. The standard InChI is InChI=1S/C19H23N5O4S/c1-19(2,3)17-14(12-24(20-17)13-9-7-6-8-10-13)29(27,28)21-15-11-16(25)23(5)18(26)22(15)4/h6-12,21H,1-5H3. The molecule has 29 heavy (non-hydrogen) atoms. The van der Waals surface area contributed by atoms with Gasteiger partial charge in [0.15, 0.2) is 0 Å². The van der Waals surface area contributed by atoms with Gasteiger partial charge < -0.3 is 0 Å². The van der Waals surface area contributed by atoms with Crippen molar-refractivity contribution in [3.8, 4) is 5.69 Å². The number of sulfonamides is 1. The van der Waals surface area contributed by atoms with E-state index in [1.54, 1.807) is 0 Å². The first-order chi connectivity index (χ1) is 13.4. The van der Waals surface area contributed by atoms with Crippen LogP contribution in [0.3, 0.4) is 0 Å². The maximum absolute atomic E-state index is 13.2. The Hall–Kier alpha value is -3.14.